The summed E-state index contributed by atoms with van der Waals surface area (Å²) in [6.45, 7) is -0.319. The summed E-state index contributed by atoms with van der Waals surface area (Å²) in [4.78, 5) is 15.8. The fourth-order valence-electron chi connectivity index (χ4n) is 4.18. The summed E-state index contributed by atoms with van der Waals surface area (Å²) in [5.41, 5.74) is 0.866. The maximum Gasteiger partial charge on any atom is 0.422 e. The number of hydrogen-bond donors (Lipinski definition) is 2. The summed E-state index contributed by atoms with van der Waals surface area (Å²) in [5.74, 6) is -0.319. The monoisotopic (exact) mass is 615 g/mol. The van der Waals surface area contributed by atoms with Gasteiger partial charge >= 0.3 is 22.5 Å². The number of ether oxygens (including phenoxy) is 3. The summed E-state index contributed by atoms with van der Waals surface area (Å²) >= 11 is 6.00. The zero-order chi connectivity index (χ0) is 29.8. The molecule has 2 aromatic carbocycles. The van der Waals surface area contributed by atoms with E-state index < -0.39 is 51.5 Å². The smallest absolute Gasteiger partial charge is 0.422 e. The van der Waals surface area contributed by atoms with Gasteiger partial charge in [0.25, 0.3) is 0 Å². The molecule has 1 aliphatic rings. The van der Waals surface area contributed by atoms with Crippen LogP contribution in [0, 0.1) is 0 Å². The number of halogens is 4. The van der Waals surface area contributed by atoms with Crippen LogP contribution >= 0.6 is 11.6 Å². The van der Waals surface area contributed by atoms with Gasteiger partial charge in [0.2, 0.25) is 5.88 Å². The van der Waals surface area contributed by atoms with E-state index in [0.717, 1.165) is 11.1 Å². The number of rotatable bonds is 11. The van der Waals surface area contributed by atoms with Gasteiger partial charge in [0.15, 0.2) is 0 Å². The van der Waals surface area contributed by atoms with Crippen LogP contribution in [0.3, 0.4) is 0 Å². The third-order valence-electron chi connectivity index (χ3n) is 6.12. The zero-order valence-corrected chi connectivity index (χ0v) is 23.1. The van der Waals surface area contributed by atoms with E-state index in [9.17, 15) is 31.5 Å². The molecule has 0 aliphatic heterocycles. The molecule has 41 heavy (non-hydrogen) atoms. The number of nitrogens with one attached hydrogen (secondary N) is 1. The highest BCUT2D eigenvalue weighted by molar-refractivity contribution is 7.87. The minimum atomic E-state index is -4.69. The summed E-state index contributed by atoms with van der Waals surface area (Å²) < 4.78 is 84.4. The molecule has 15 heteroatoms. The molecule has 4 rings (SSSR count). The molecular weight excluding hydrogens is 591 g/mol. The van der Waals surface area contributed by atoms with E-state index in [4.69, 9.17) is 25.8 Å². The average Bonchev–Trinajstić information content (AvgIpc) is 3.30. The lowest BCUT2D eigenvalue weighted by Crippen LogP contribution is -2.47. The Hall–Kier alpha value is -3.59. The first-order chi connectivity index (χ1) is 19.4. The number of aromatic nitrogens is 1. The molecule has 1 aromatic heterocycles. The molecule has 0 fully saturated rings. The fourth-order valence-corrected chi connectivity index (χ4v) is 5.61. The number of alkyl halides is 3. The first-order valence-corrected chi connectivity index (χ1v) is 13.9. The van der Waals surface area contributed by atoms with E-state index in [-0.39, 0.29) is 34.6 Å². The molecule has 220 valence electrons. The number of amides is 1. The second-order valence-electron chi connectivity index (χ2n) is 9.01. The van der Waals surface area contributed by atoms with Gasteiger partial charge in [-0.2, -0.15) is 30.6 Å². The Bertz CT molecular complexity index is 1500. The third kappa shape index (κ3) is 7.58. The lowest BCUT2D eigenvalue weighted by molar-refractivity contribution is -0.137. The average molecular weight is 616 g/mol. The van der Waals surface area contributed by atoms with Crippen molar-refractivity contribution in [2.24, 2.45) is 0 Å². The van der Waals surface area contributed by atoms with E-state index in [1.54, 1.807) is 0 Å². The van der Waals surface area contributed by atoms with Crippen molar-refractivity contribution >= 4 is 27.9 Å². The normalized spacial score (nSPS) is 13.6. The van der Waals surface area contributed by atoms with Gasteiger partial charge in [0.1, 0.15) is 23.1 Å². The first-order valence-electron chi connectivity index (χ1n) is 12.1. The van der Waals surface area contributed by atoms with Gasteiger partial charge in [-0.1, -0.05) is 35.9 Å². The Morgan fingerprint density at radius 1 is 1.15 bits per heavy atom. The van der Waals surface area contributed by atoms with Crippen molar-refractivity contribution in [3.05, 3.63) is 82.0 Å². The molecule has 1 heterocycles. The van der Waals surface area contributed by atoms with Crippen molar-refractivity contribution in [2.75, 3.05) is 20.3 Å². The second kappa shape index (κ2) is 12.5. The largest absolute Gasteiger partial charge is 0.491 e. The van der Waals surface area contributed by atoms with Crippen LogP contribution in [0.25, 0.3) is 0 Å². The molecule has 0 bridgehead atoms. The predicted octanol–water partition coefficient (Wildman–Crippen LogP) is 5.05. The number of pyridine rings is 1. The second-order valence-corrected chi connectivity index (χ2v) is 11.0. The van der Waals surface area contributed by atoms with Gasteiger partial charge in [0.05, 0.1) is 18.7 Å². The maximum absolute atomic E-state index is 13.2. The molecule has 0 atom stereocenters. The number of benzene rings is 2. The highest BCUT2D eigenvalue weighted by atomic mass is 35.5. The van der Waals surface area contributed by atoms with Gasteiger partial charge in [0, 0.05) is 31.0 Å². The molecule has 0 spiro atoms. The van der Waals surface area contributed by atoms with Crippen LogP contribution in [0.1, 0.15) is 22.3 Å². The first kappa shape index (κ1) is 30.4. The number of methoxy groups -OCH3 is 1. The molecule has 2 N–H and O–H groups in total. The molecule has 0 unspecified atom stereocenters. The Kier molecular flexibility index (Phi) is 9.27. The van der Waals surface area contributed by atoms with Crippen LogP contribution in [0.15, 0.2) is 54.7 Å². The van der Waals surface area contributed by atoms with Crippen molar-refractivity contribution < 1.29 is 45.7 Å². The molecule has 0 radical (unpaired) electrons. The molecule has 0 saturated heterocycles. The van der Waals surface area contributed by atoms with Crippen molar-refractivity contribution in [2.45, 2.75) is 31.6 Å². The maximum atomic E-state index is 13.2. The SMILES string of the molecule is COCCOc1ccc(CN(C(=O)O)S(=O)(=O)NC2Cc3ccccc3C2)c(Oc2ncc(C(F)(F)F)cc2Cl)c1. The van der Waals surface area contributed by atoms with Crippen LogP contribution in [-0.4, -0.2) is 55.3 Å². The molecule has 3 aromatic rings. The number of nitrogens with zero attached hydrogens (tertiary/aromatic N) is 2. The van der Waals surface area contributed by atoms with Crippen molar-refractivity contribution in [1.82, 2.24) is 14.0 Å². The van der Waals surface area contributed by atoms with Gasteiger partial charge in [-0.15, -0.1) is 0 Å². The number of carbonyl (C=O) groups is 1. The Morgan fingerprint density at radius 2 is 1.83 bits per heavy atom. The zero-order valence-electron chi connectivity index (χ0n) is 21.5. The molecule has 1 aliphatic carbocycles. The van der Waals surface area contributed by atoms with Crippen molar-refractivity contribution in [3.63, 3.8) is 0 Å². The Labute approximate surface area is 238 Å². The summed E-state index contributed by atoms with van der Waals surface area (Å²) in [6.07, 6.45) is -5.15. The summed E-state index contributed by atoms with van der Waals surface area (Å²) in [5, 5.41) is 9.36. The minimum absolute atomic E-state index is 0.0457. The van der Waals surface area contributed by atoms with E-state index >= 15 is 0 Å². The van der Waals surface area contributed by atoms with E-state index in [1.807, 2.05) is 24.3 Å². The highest BCUT2D eigenvalue weighted by Gasteiger charge is 2.34. The number of hydrogen-bond acceptors (Lipinski definition) is 7. The Balaban J connectivity index is 1.61. The van der Waals surface area contributed by atoms with Crippen molar-refractivity contribution in [3.8, 4) is 17.4 Å². The van der Waals surface area contributed by atoms with Gasteiger partial charge in [-0.3, -0.25) is 0 Å². The van der Waals surface area contributed by atoms with Gasteiger partial charge in [-0.05, 0) is 42.2 Å². The van der Waals surface area contributed by atoms with Crippen LogP contribution in [0.4, 0.5) is 18.0 Å². The summed E-state index contributed by atoms with van der Waals surface area (Å²) in [6, 6.07) is 11.6. The van der Waals surface area contributed by atoms with Gasteiger partial charge < -0.3 is 19.3 Å². The number of carboxylic acid groups (broad SMARTS) is 1. The Morgan fingerprint density at radius 3 is 2.41 bits per heavy atom. The molecular formula is C26H25ClF3N3O7S. The molecule has 10 nitrogen and oxygen atoms in total. The van der Waals surface area contributed by atoms with Crippen LogP contribution < -0.4 is 14.2 Å². The van der Waals surface area contributed by atoms with Gasteiger partial charge in [-0.25, -0.2) is 9.78 Å². The standard InChI is InChI=1S/C26H25ClF3N3O7S/c1-38-8-9-39-21-7-6-18(23(13-21)40-24-22(27)12-19(14-31-24)26(28,29)30)15-33(25(34)35)41(36,37)32-20-10-16-4-2-3-5-17(16)11-20/h2-7,12-14,20,32H,8-11,15H2,1H3,(H,34,35). The lowest BCUT2D eigenvalue weighted by atomic mass is 10.1. The topological polar surface area (TPSA) is 127 Å². The quantitative estimate of drug-likeness (QED) is 0.287. The predicted molar refractivity (Wildman–Crippen MR) is 141 cm³/mol. The lowest BCUT2D eigenvalue weighted by Gasteiger charge is -2.23. The van der Waals surface area contributed by atoms with Crippen molar-refractivity contribution in [1.29, 1.82) is 0 Å². The molecule has 1 amide bonds. The van der Waals surface area contributed by atoms with Crippen LogP contribution in [0.5, 0.6) is 17.4 Å². The van der Waals surface area contributed by atoms with E-state index in [0.29, 0.717) is 25.1 Å². The third-order valence-corrected chi connectivity index (χ3v) is 7.89. The number of fused-ring (bicyclic) bond motifs is 1. The summed E-state index contributed by atoms with van der Waals surface area (Å²) in [7, 11) is -3.08. The van der Waals surface area contributed by atoms with E-state index in [2.05, 4.69) is 9.71 Å². The minimum Gasteiger partial charge on any atom is -0.491 e. The fraction of sp³-hybridized carbons (Fsp3) is 0.308. The van der Waals surface area contributed by atoms with Crippen LogP contribution in [0.2, 0.25) is 5.02 Å². The van der Waals surface area contributed by atoms with E-state index in [1.165, 1.54) is 25.3 Å². The van der Waals surface area contributed by atoms with Crippen LogP contribution in [-0.2, 0) is 40.5 Å². The highest BCUT2D eigenvalue weighted by Crippen LogP contribution is 2.37. The molecule has 0 saturated carbocycles.